The van der Waals surface area contributed by atoms with Crippen molar-refractivity contribution in [3.8, 4) is 11.9 Å². The second-order valence-corrected chi connectivity index (χ2v) is 6.77. The van der Waals surface area contributed by atoms with Crippen LogP contribution >= 0.6 is 11.6 Å². The molecule has 0 fully saturated rings. The number of pyridine rings is 2. The van der Waals surface area contributed by atoms with Gasteiger partial charge in [0.2, 0.25) is 0 Å². The van der Waals surface area contributed by atoms with Gasteiger partial charge in [0.15, 0.2) is 5.82 Å². The Hall–Kier alpha value is -3.55. The van der Waals surface area contributed by atoms with Crippen LogP contribution < -0.4 is 10.6 Å². The summed E-state index contributed by atoms with van der Waals surface area (Å²) in [4.78, 5) is 22.5. The van der Waals surface area contributed by atoms with Crippen LogP contribution in [0.5, 0.6) is 0 Å². The highest BCUT2D eigenvalue weighted by atomic mass is 35.5. The third-order valence-corrected chi connectivity index (χ3v) is 4.71. The maximum Gasteiger partial charge on any atom is 0.323 e. The Bertz CT molecular complexity index is 1120. The molecule has 1 unspecified atom stereocenters. The van der Waals surface area contributed by atoms with Gasteiger partial charge in [0.1, 0.15) is 6.07 Å². The Labute approximate surface area is 177 Å². The summed E-state index contributed by atoms with van der Waals surface area (Å²) in [5.41, 5.74) is 2.77. The smallest absolute Gasteiger partial charge is 0.323 e. The van der Waals surface area contributed by atoms with E-state index in [2.05, 4.69) is 36.9 Å². The van der Waals surface area contributed by atoms with Crippen LogP contribution in [0.1, 0.15) is 35.5 Å². The lowest BCUT2D eigenvalue weighted by Gasteiger charge is -2.18. The minimum atomic E-state index is -0.542. The predicted octanol–water partition coefficient (Wildman–Crippen LogP) is 3.55. The fourth-order valence-corrected chi connectivity index (χ4v) is 3.07. The van der Waals surface area contributed by atoms with Crippen LogP contribution in [0.2, 0.25) is 5.02 Å². The lowest BCUT2D eigenvalue weighted by molar-refractivity contribution is 0.120. The van der Waals surface area contributed by atoms with E-state index in [4.69, 9.17) is 16.3 Å². The molecule has 3 heterocycles. The topological polar surface area (TPSA) is 131 Å². The third kappa shape index (κ3) is 4.22. The number of halogens is 1. The zero-order chi connectivity index (χ0) is 21.8. The molecule has 1 atom stereocenters. The van der Waals surface area contributed by atoms with Crippen molar-refractivity contribution in [1.82, 2.24) is 25.0 Å². The number of carbonyl (C=O) groups excluding carboxylic acids is 1. The van der Waals surface area contributed by atoms with Crippen LogP contribution in [0.4, 0.5) is 16.2 Å². The molecule has 0 aromatic carbocycles. The molecule has 0 saturated heterocycles. The van der Waals surface area contributed by atoms with Crippen molar-refractivity contribution in [2.24, 2.45) is 0 Å². The first-order valence-corrected chi connectivity index (χ1v) is 9.27. The fraction of sp³-hybridized carbons (Fsp3) is 0.263. The summed E-state index contributed by atoms with van der Waals surface area (Å²) >= 11 is 6.28. The normalized spacial score (nSPS) is 11.6. The van der Waals surface area contributed by atoms with E-state index in [1.54, 1.807) is 26.8 Å². The first-order chi connectivity index (χ1) is 14.3. The van der Waals surface area contributed by atoms with E-state index in [0.717, 1.165) is 0 Å². The summed E-state index contributed by atoms with van der Waals surface area (Å²) in [5, 5.41) is 23.2. The van der Waals surface area contributed by atoms with Crippen molar-refractivity contribution in [2.45, 2.75) is 26.9 Å². The van der Waals surface area contributed by atoms with Crippen molar-refractivity contribution in [1.29, 1.82) is 5.26 Å². The number of anilines is 2. The number of ether oxygens (including phenoxy) is 1. The maximum absolute atomic E-state index is 12.6. The second kappa shape index (κ2) is 8.86. The predicted molar refractivity (Wildman–Crippen MR) is 111 cm³/mol. The van der Waals surface area contributed by atoms with Gasteiger partial charge in [-0.3, -0.25) is 4.98 Å². The molecule has 3 aromatic rings. The molecule has 11 heteroatoms. The third-order valence-electron chi connectivity index (χ3n) is 4.43. The van der Waals surface area contributed by atoms with Gasteiger partial charge in [-0.25, -0.2) is 9.78 Å². The summed E-state index contributed by atoms with van der Waals surface area (Å²) < 4.78 is 5.37. The largest absolute Gasteiger partial charge is 0.377 e. The Morgan fingerprint density at radius 3 is 2.53 bits per heavy atom. The standard InChI is InChI=1S/C19H19ClN8O2/c1-10-13(8-21)17(12(3)30-4)16(9-22-10)27-19(29)26-15-7-14(20)18(25-11(15)2)28-23-5-6-24-28/h5-7,9,12H,1-4H3,(H2,26,27,29). The number of nitrogens with one attached hydrogen (secondary N) is 2. The summed E-state index contributed by atoms with van der Waals surface area (Å²) in [6.07, 6.45) is 4.09. The van der Waals surface area contributed by atoms with Gasteiger partial charge in [0, 0.05) is 12.7 Å². The van der Waals surface area contributed by atoms with Crippen LogP contribution in [0, 0.1) is 25.2 Å². The number of rotatable bonds is 5. The Balaban J connectivity index is 1.87. The van der Waals surface area contributed by atoms with Gasteiger partial charge in [-0.15, -0.1) is 4.80 Å². The van der Waals surface area contributed by atoms with E-state index in [9.17, 15) is 10.1 Å². The van der Waals surface area contributed by atoms with E-state index in [0.29, 0.717) is 39.7 Å². The summed E-state index contributed by atoms with van der Waals surface area (Å²) in [6, 6.07) is 3.15. The van der Waals surface area contributed by atoms with Crippen LogP contribution in [0.3, 0.4) is 0 Å². The molecular formula is C19H19ClN8O2. The van der Waals surface area contributed by atoms with Gasteiger partial charge < -0.3 is 15.4 Å². The number of nitrogens with zero attached hydrogens (tertiary/aromatic N) is 6. The van der Waals surface area contributed by atoms with E-state index in [-0.39, 0.29) is 5.02 Å². The Morgan fingerprint density at radius 2 is 1.90 bits per heavy atom. The van der Waals surface area contributed by atoms with Gasteiger partial charge in [-0.2, -0.15) is 15.5 Å². The Kier molecular flexibility index (Phi) is 6.25. The van der Waals surface area contributed by atoms with E-state index in [1.165, 1.54) is 30.5 Å². The number of amides is 2. The average molecular weight is 427 g/mol. The van der Waals surface area contributed by atoms with Crippen LogP contribution in [0.25, 0.3) is 5.82 Å². The molecule has 0 aliphatic heterocycles. The van der Waals surface area contributed by atoms with Gasteiger partial charge in [-0.05, 0) is 26.8 Å². The second-order valence-electron chi connectivity index (χ2n) is 6.36. The highest BCUT2D eigenvalue weighted by Crippen LogP contribution is 2.30. The molecule has 2 N–H and O–H groups in total. The van der Waals surface area contributed by atoms with Gasteiger partial charge in [0.25, 0.3) is 0 Å². The molecule has 2 amide bonds. The van der Waals surface area contributed by atoms with E-state index >= 15 is 0 Å². The molecule has 10 nitrogen and oxygen atoms in total. The molecule has 3 rings (SSSR count). The molecule has 30 heavy (non-hydrogen) atoms. The van der Waals surface area contributed by atoms with Crippen LogP contribution in [-0.2, 0) is 4.74 Å². The molecule has 0 spiro atoms. The maximum atomic E-state index is 12.6. The van der Waals surface area contributed by atoms with Gasteiger partial charge in [0.05, 0.1) is 58.0 Å². The number of nitriles is 1. The lowest BCUT2D eigenvalue weighted by Crippen LogP contribution is -2.22. The number of hydrogen-bond donors (Lipinski definition) is 2. The molecule has 0 bridgehead atoms. The van der Waals surface area contributed by atoms with Crippen LogP contribution in [0.15, 0.2) is 24.7 Å². The number of hydrogen-bond acceptors (Lipinski definition) is 7. The quantitative estimate of drug-likeness (QED) is 0.637. The highest BCUT2D eigenvalue weighted by Gasteiger charge is 2.20. The summed E-state index contributed by atoms with van der Waals surface area (Å²) in [6.45, 7) is 5.23. The van der Waals surface area contributed by atoms with Crippen molar-refractivity contribution in [3.05, 3.63) is 52.2 Å². The molecular weight excluding hydrogens is 408 g/mol. The molecule has 154 valence electrons. The first-order valence-electron chi connectivity index (χ1n) is 8.90. The van der Waals surface area contributed by atoms with E-state index < -0.39 is 12.1 Å². The van der Waals surface area contributed by atoms with Crippen molar-refractivity contribution >= 4 is 29.0 Å². The summed E-state index contributed by atoms with van der Waals surface area (Å²) in [7, 11) is 1.53. The zero-order valence-electron chi connectivity index (χ0n) is 16.8. The minimum absolute atomic E-state index is 0.268. The van der Waals surface area contributed by atoms with Gasteiger partial charge in [-0.1, -0.05) is 11.6 Å². The van der Waals surface area contributed by atoms with Gasteiger partial charge >= 0.3 is 6.03 Å². The number of methoxy groups -OCH3 is 1. The van der Waals surface area contributed by atoms with E-state index in [1.807, 2.05) is 0 Å². The number of carbonyl (C=O) groups is 1. The van der Waals surface area contributed by atoms with Crippen LogP contribution in [-0.4, -0.2) is 38.1 Å². The number of aryl methyl sites for hydroxylation is 2. The molecule has 0 aliphatic carbocycles. The zero-order valence-corrected chi connectivity index (χ0v) is 17.5. The average Bonchev–Trinajstić information content (AvgIpc) is 3.25. The molecule has 3 aromatic heterocycles. The number of urea groups is 1. The summed E-state index contributed by atoms with van der Waals surface area (Å²) in [5.74, 6) is 0.350. The van der Waals surface area contributed by atoms with Crippen molar-refractivity contribution < 1.29 is 9.53 Å². The Morgan fingerprint density at radius 1 is 1.23 bits per heavy atom. The lowest BCUT2D eigenvalue weighted by atomic mass is 10.0. The number of aromatic nitrogens is 5. The molecule has 0 radical (unpaired) electrons. The van der Waals surface area contributed by atoms with Crippen molar-refractivity contribution in [3.63, 3.8) is 0 Å². The first kappa shape index (κ1) is 21.2. The SMILES string of the molecule is COC(C)c1c(NC(=O)Nc2cc(Cl)c(-n3nccn3)nc2C)cnc(C)c1C#N. The van der Waals surface area contributed by atoms with Crippen molar-refractivity contribution in [2.75, 3.05) is 17.7 Å². The highest BCUT2D eigenvalue weighted by molar-refractivity contribution is 6.32. The minimum Gasteiger partial charge on any atom is -0.377 e. The fourth-order valence-electron chi connectivity index (χ4n) is 2.84. The molecule has 0 saturated carbocycles. The monoisotopic (exact) mass is 426 g/mol. The molecule has 0 aliphatic rings.